The van der Waals surface area contributed by atoms with Crippen LogP contribution in [0.2, 0.25) is 0 Å². The second-order valence-electron chi connectivity index (χ2n) is 6.64. The van der Waals surface area contributed by atoms with E-state index < -0.39 is 0 Å². The minimum atomic E-state index is -0.336. The van der Waals surface area contributed by atoms with Crippen LogP contribution < -0.4 is 11.1 Å². The van der Waals surface area contributed by atoms with Crippen molar-refractivity contribution in [1.29, 1.82) is 0 Å². The Hall–Kier alpha value is -2.41. The summed E-state index contributed by atoms with van der Waals surface area (Å²) >= 11 is 0. The van der Waals surface area contributed by atoms with Crippen molar-refractivity contribution in [2.75, 3.05) is 31.6 Å². The van der Waals surface area contributed by atoms with Gasteiger partial charge in [-0.2, -0.15) is 0 Å². The third-order valence-corrected chi connectivity index (χ3v) is 4.59. The van der Waals surface area contributed by atoms with Crippen LogP contribution in [0.3, 0.4) is 0 Å². The summed E-state index contributed by atoms with van der Waals surface area (Å²) in [7, 11) is 0. The van der Waals surface area contributed by atoms with Crippen molar-refractivity contribution >= 4 is 29.9 Å². The number of morpholine rings is 1. The highest BCUT2D eigenvalue weighted by Gasteiger charge is 2.17. The minimum absolute atomic E-state index is 0. The second-order valence-corrected chi connectivity index (χ2v) is 6.64. The van der Waals surface area contributed by atoms with Gasteiger partial charge in [0, 0.05) is 31.2 Å². The molecule has 6 nitrogen and oxygen atoms in total. The lowest BCUT2D eigenvalue weighted by Gasteiger charge is -2.26. The summed E-state index contributed by atoms with van der Waals surface area (Å²) in [6, 6.07) is 16.6. The molecule has 1 aliphatic heterocycles. The van der Waals surface area contributed by atoms with E-state index in [9.17, 15) is 9.59 Å². The van der Waals surface area contributed by atoms with E-state index in [1.54, 1.807) is 0 Å². The molecular formula is C21H26ClN3O3. The third kappa shape index (κ3) is 6.34. The molecule has 0 radical (unpaired) electrons. The number of nitrogens with one attached hydrogen (secondary N) is 1. The lowest BCUT2D eigenvalue weighted by atomic mass is 10.0. The molecular weight excluding hydrogens is 378 g/mol. The van der Waals surface area contributed by atoms with Gasteiger partial charge in [0.1, 0.15) is 0 Å². The van der Waals surface area contributed by atoms with E-state index in [0.717, 1.165) is 11.1 Å². The number of hydrogen-bond donors (Lipinski definition) is 2. The van der Waals surface area contributed by atoms with Gasteiger partial charge in [0.25, 0.3) is 0 Å². The van der Waals surface area contributed by atoms with Crippen molar-refractivity contribution in [3.63, 3.8) is 0 Å². The molecule has 2 aromatic rings. The van der Waals surface area contributed by atoms with Crippen LogP contribution in [-0.2, 0) is 20.7 Å². The molecule has 0 bridgehead atoms. The van der Waals surface area contributed by atoms with Crippen molar-refractivity contribution in [3.8, 4) is 0 Å². The number of halogens is 1. The van der Waals surface area contributed by atoms with Crippen LogP contribution in [0.15, 0.2) is 54.6 Å². The van der Waals surface area contributed by atoms with Gasteiger partial charge in [-0.1, -0.05) is 42.5 Å². The predicted octanol–water partition coefficient (Wildman–Crippen LogP) is 2.54. The molecule has 1 unspecified atom stereocenters. The molecule has 1 atom stereocenters. The molecule has 2 amide bonds. The highest BCUT2D eigenvalue weighted by atomic mass is 35.5. The quantitative estimate of drug-likeness (QED) is 0.776. The van der Waals surface area contributed by atoms with Gasteiger partial charge in [-0.05, 0) is 23.3 Å². The van der Waals surface area contributed by atoms with Gasteiger partial charge in [0.05, 0.1) is 19.6 Å². The van der Waals surface area contributed by atoms with E-state index in [-0.39, 0.29) is 36.7 Å². The monoisotopic (exact) mass is 403 g/mol. The van der Waals surface area contributed by atoms with Gasteiger partial charge in [0.2, 0.25) is 11.8 Å². The molecule has 2 aromatic carbocycles. The van der Waals surface area contributed by atoms with E-state index >= 15 is 0 Å². The summed E-state index contributed by atoms with van der Waals surface area (Å²) in [6.07, 6.45) is 0.564. The van der Waals surface area contributed by atoms with E-state index in [1.165, 1.54) is 0 Å². The third-order valence-electron chi connectivity index (χ3n) is 4.59. The second kappa shape index (κ2) is 10.8. The fourth-order valence-electron chi connectivity index (χ4n) is 3.03. The zero-order valence-corrected chi connectivity index (χ0v) is 16.5. The molecule has 0 aromatic heterocycles. The number of nitrogens with two attached hydrogens (primary N) is 1. The molecule has 1 saturated heterocycles. The Bertz CT molecular complexity index is 762. The first kappa shape index (κ1) is 21.9. The van der Waals surface area contributed by atoms with Crippen LogP contribution in [0, 0.1) is 0 Å². The first-order valence-electron chi connectivity index (χ1n) is 9.16. The van der Waals surface area contributed by atoms with Crippen molar-refractivity contribution < 1.29 is 14.3 Å². The summed E-state index contributed by atoms with van der Waals surface area (Å²) < 4.78 is 5.27. The molecule has 150 valence electrons. The van der Waals surface area contributed by atoms with Crippen molar-refractivity contribution in [2.45, 2.75) is 18.9 Å². The number of anilines is 1. The van der Waals surface area contributed by atoms with E-state index in [4.69, 9.17) is 10.5 Å². The largest absolute Gasteiger partial charge is 0.378 e. The van der Waals surface area contributed by atoms with E-state index in [1.807, 2.05) is 59.5 Å². The summed E-state index contributed by atoms with van der Waals surface area (Å²) in [5, 5.41) is 2.86. The number of hydrogen-bond acceptors (Lipinski definition) is 4. The Morgan fingerprint density at radius 1 is 1.04 bits per heavy atom. The van der Waals surface area contributed by atoms with E-state index in [0.29, 0.717) is 38.4 Å². The van der Waals surface area contributed by atoms with Crippen LogP contribution in [-0.4, -0.2) is 43.0 Å². The normalized spacial score (nSPS) is 14.7. The van der Waals surface area contributed by atoms with Gasteiger partial charge in [-0.15, -0.1) is 12.4 Å². The summed E-state index contributed by atoms with van der Waals surface area (Å²) in [4.78, 5) is 26.3. The average Bonchev–Trinajstić information content (AvgIpc) is 2.70. The maximum Gasteiger partial charge on any atom is 0.227 e. The van der Waals surface area contributed by atoms with Crippen LogP contribution in [0.5, 0.6) is 0 Å². The number of benzene rings is 2. The average molecular weight is 404 g/mol. The summed E-state index contributed by atoms with van der Waals surface area (Å²) in [5.41, 5.74) is 8.64. The standard InChI is InChI=1S/C21H25N3O3.ClH/c22-19(17-4-2-1-3-5-17)15-20(25)23-18-8-6-16(7-9-18)14-21(26)24-10-12-27-13-11-24;/h1-9,19H,10-15,22H2,(H,23,25);1H. The maximum atomic E-state index is 12.3. The summed E-state index contributed by atoms with van der Waals surface area (Å²) in [5.74, 6) is -0.0348. The Labute approximate surface area is 171 Å². The highest BCUT2D eigenvalue weighted by Crippen LogP contribution is 2.16. The van der Waals surface area contributed by atoms with Gasteiger partial charge in [-0.3, -0.25) is 9.59 Å². The molecule has 1 aliphatic rings. The molecule has 28 heavy (non-hydrogen) atoms. The summed E-state index contributed by atoms with van der Waals surface area (Å²) in [6.45, 7) is 2.49. The van der Waals surface area contributed by atoms with Crippen LogP contribution >= 0.6 is 12.4 Å². The van der Waals surface area contributed by atoms with Crippen LogP contribution in [0.25, 0.3) is 0 Å². The molecule has 1 heterocycles. The lowest BCUT2D eigenvalue weighted by Crippen LogP contribution is -2.41. The Kier molecular flexibility index (Phi) is 8.44. The Balaban J connectivity index is 0.00000280. The zero-order valence-electron chi connectivity index (χ0n) is 15.7. The molecule has 0 spiro atoms. The maximum absolute atomic E-state index is 12.3. The first-order valence-corrected chi connectivity index (χ1v) is 9.16. The highest BCUT2D eigenvalue weighted by molar-refractivity contribution is 5.91. The van der Waals surface area contributed by atoms with Crippen LogP contribution in [0.4, 0.5) is 5.69 Å². The smallest absolute Gasteiger partial charge is 0.227 e. The number of nitrogens with zero attached hydrogens (tertiary/aromatic N) is 1. The first-order chi connectivity index (χ1) is 13.1. The van der Waals surface area contributed by atoms with Gasteiger partial charge in [0.15, 0.2) is 0 Å². The van der Waals surface area contributed by atoms with Crippen molar-refractivity contribution in [1.82, 2.24) is 4.90 Å². The molecule has 7 heteroatoms. The molecule has 3 N–H and O–H groups in total. The number of ether oxygens (including phenoxy) is 1. The Morgan fingerprint density at radius 3 is 2.32 bits per heavy atom. The number of rotatable bonds is 6. The molecule has 1 fully saturated rings. The van der Waals surface area contributed by atoms with E-state index in [2.05, 4.69) is 5.32 Å². The topological polar surface area (TPSA) is 84.7 Å². The van der Waals surface area contributed by atoms with Gasteiger partial charge < -0.3 is 20.7 Å². The SMILES string of the molecule is Cl.NC(CC(=O)Nc1ccc(CC(=O)N2CCOCC2)cc1)c1ccccc1. The fraction of sp³-hybridized carbons (Fsp3) is 0.333. The molecule has 3 rings (SSSR count). The minimum Gasteiger partial charge on any atom is -0.378 e. The lowest BCUT2D eigenvalue weighted by molar-refractivity contribution is -0.134. The predicted molar refractivity (Wildman–Crippen MR) is 111 cm³/mol. The number of carbonyl (C=O) groups excluding carboxylic acids is 2. The fourth-order valence-corrected chi connectivity index (χ4v) is 3.03. The molecule has 0 saturated carbocycles. The number of amides is 2. The number of carbonyl (C=O) groups is 2. The van der Waals surface area contributed by atoms with Gasteiger partial charge >= 0.3 is 0 Å². The van der Waals surface area contributed by atoms with Crippen molar-refractivity contribution in [2.24, 2.45) is 5.73 Å². The van der Waals surface area contributed by atoms with Gasteiger partial charge in [-0.25, -0.2) is 0 Å². The Morgan fingerprint density at radius 2 is 1.68 bits per heavy atom. The zero-order chi connectivity index (χ0) is 19.1. The molecule has 0 aliphatic carbocycles. The van der Waals surface area contributed by atoms with Crippen LogP contribution in [0.1, 0.15) is 23.6 Å². The van der Waals surface area contributed by atoms with Crippen molar-refractivity contribution in [3.05, 3.63) is 65.7 Å².